The Morgan fingerprint density at radius 3 is 3.00 bits per heavy atom. The molecule has 0 aromatic heterocycles. The summed E-state index contributed by atoms with van der Waals surface area (Å²) in [5.41, 5.74) is 7.20. The summed E-state index contributed by atoms with van der Waals surface area (Å²) in [4.78, 5) is 2.14. The molecule has 1 saturated heterocycles. The SMILES string of the molecule is CCCOc1cc(N2CCOCC2C)c(N)cc1F. The molecule has 1 aliphatic rings. The molecule has 0 aliphatic carbocycles. The van der Waals surface area contributed by atoms with E-state index >= 15 is 0 Å². The van der Waals surface area contributed by atoms with Crippen LogP contribution in [0, 0.1) is 5.82 Å². The van der Waals surface area contributed by atoms with Gasteiger partial charge in [0.15, 0.2) is 11.6 Å². The number of nitrogen functional groups attached to an aromatic ring is 1. The number of hydrogen-bond donors (Lipinski definition) is 1. The normalized spacial score (nSPS) is 19.5. The van der Waals surface area contributed by atoms with Gasteiger partial charge in [-0.25, -0.2) is 4.39 Å². The minimum Gasteiger partial charge on any atom is -0.490 e. The van der Waals surface area contributed by atoms with Crippen molar-refractivity contribution < 1.29 is 13.9 Å². The van der Waals surface area contributed by atoms with E-state index in [4.69, 9.17) is 15.2 Å². The second-order valence-electron chi connectivity index (χ2n) is 4.81. The van der Waals surface area contributed by atoms with Crippen molar-refractivity contribution in [2.45, 2.75) is 26.3 Å². The smallest absolute Gasteiger partial charge is 0.167 e. The van der Waals surface area contributed by atoms with E-state index in [1.54, 1.807) is 6.07 Å². The van der Waals surface area contributed by atoms with Gasteiger partial charge in [-0.05, 0) is 13.3 Å². The molecule has 2 rings (SSSR count). The third-order valence-electron chi connectivity index (χ3n) is 3.22. The van der Waals surface area contributed by atoms with E-state index in [9.17, 15) is 4.39 Å². The van der Waals surface area contributed by atoms with Crippen LogP contribution in [0.15, 0.2) is 12.1 Å². The van der Waals surface area contributed by atoms with Crippen molar-refractivity contribution in [2.24, 2.45) is 0 Å². The van der Waals surface area contributed by atoms with Crippen LogP contribution >= 0.6 is 0 Å². The molecule has 19 heavy (non-hydrogen) atoms. The topological polar surface area (TPSA) is 47.7 Å². The molecular formula is C14H21FN2O2. The zero-order valence-electron chi connectivity index (χ0n) is 11.5. The lowest BCUT2D eigenvalue weighted by atomic mass is 10.1. The highest BCUT2D eigenvalue weighted by Gasteiger charge is 2.22. The van der Waals surface area contributed by atoms with E-state index in [1.165, 1.54) is 6.07 Å². The highest BCUT2D eigenvalue weighted by atomic mass is 19.1. The minimum atomic E-state index is -0.407. The summed E-state index contributed by atoms with van der Waals surface area (Å²) in [6.07, 6.45) is 0.840. The van der Waals surface area contributed by atoms with Gasteiger partial charge >= 0.3 is 0 Å². The number of morpholine rings is 1. The average Bonchev–Trinajstić information content (AvgIpc) is 2.39. The van der Waals surface area contributed by atoms with Gasteiger partial charge in [-0.15, -0.1) is 0 Å². The number of nitrogens with zero attached hydrogens (tertiary/aromatic N) is 1. The third kappa shape index (κ3) is 3.10. The first-order valence-corrected chi connectivity index (χ1v) is 6.69. The van der Waals surface area contributed by atoms with Crippen molar-refractivity contribution in [1.29, 1.82) is 0 Å². The number of anilines is 2. The van der Waals surface area contributed by atoms with Crippen LogP contribution in [-0.4, -0.2) is 32.4 Å². The number of nitrogens with two attached hydrogens (primary N) is 1. The Hall–Kier alpha value is -1.49. The van der Waals surface area contributed by atoms with E-state index in [1.807, 2.05) is 6.92 Å². The second kappa shape index (κ2) is 6.10. The van der Waals surface area contributed by atoms with Crippen LogP contribution in [0.25, 0.3) is 0 Å². The number of halogens is 1. The van der Waals surface area contributed by atoms with Crippen molar-refractivity contribution >= 4 is 11.4 Å². The molecule has 1 fully saturated rings. The summed E-state index contributed by atoms with van der Waals surface area (Å²) in [5, 5.41) is 0. The quantitative estimate of drug-likeness (QED) is 0.852. The van der Waals surface area contributed by atoms with Crippen LogP contribution < -0.4 is 15.4 Å². The molecule has 1 aromatic carbocycles. The van der Waals surface area contributed by atoms with Crippen LogP contribution in [-0.2, 0) is 4.74 Å². The molecule has 0 bridgehead atoms. The van der Waals surface area contributed by atoms with E-state index in [0.29, 0.717) is 25.5 Å². The van der Waals surface area contributed by atoms with Crippen LogP contribution in [0.1, 0.15) is 20.3 Å². The Morgan fingerprint density at radius 1 is 1.53 bits per heavy atom. The van der Waals surface area contributed by atoms with Gasteiger partial charge in [0.2, 0.25) is 0 Å². The molecule has 1 aliphatic heterocycles. The van der Waals surface area contributed by atoms with E-state index in [-0.39, 0.29) is 11.8 Å². The van der Waals surface area contributed by atoms with E-state index in [2.05, 4.69) is 11.8 Å². The predicted octanol–water partition coefficient (Wildman–Crippen LogP) is 2.42. The zero-order valence-corrected chi connectivity index (χ0v) is 11.5. The summed E-state index contributed by atoms with van der Waals surface area (Å²) in [7, 11) is 0. The van der Waals surface area contributed by atoms with Gasteiger partial charge in [0.25, 0.3) is 0 Å². The van der Waals surface area contributed by atoms with Crippen LogP contribution in [0.3, 0.4) is 0 Å². The van der Waals surface area contributed by atoms with Crippen molar-refractivity contribution in [3.05, 3.63) is 17.9 Å². The van der Waals surface area contributed by atoms with Gasteiger partial charge < -0.3 is 20.1 Å². The first-order chi connectivity index (χ1) is 9.13. The van der Waals surface area contributed by atoms with Crippen molar-refractivity contribution in [3.63, 3.8) is 0 Å². The van der Waals surface area contributed by atoms with Gasteiger partial charge in [-0.3, -0.25) is 0 Å². The highest BCUT2D eigenvalue weighted by molar-refractivity contribution is 5.70. The minimum absolute atomic E-state index is 0.223. The fraction of sp³-hybridized carbons (Fsp3) is 0.571. The molecular weight excluding hydrogens is 247 g/mol. The Balaban J connectivity index is 2.28. The lowest BCUT2D eigenvalue weighted by Crippen LogP contribution is -2.44. The van der Waals surface area contributed by atoms with E-state index in [0.717, 1.165) is 18.7 Å². The highest BCUT2D eigenvalue weighted by Crippen LogP contribution is 2.33. The molecule has 0 spiro atoms. The molecule has 2 N–H and O–H groups in total. The number of rotatable bonds is 4. The summed E-state index contributed by atoms with van der Waals surface area (Å²) < 4.78 is 24.6. The standard InChI is InChI=1S/C14H21FN2O2/c1-3-5-19-14-8-13(12(16)7-11(14)15)17-4-6-18-9-10(17)2/h7-8,10H,3-6,9,16H2,1-2H3. The Bertz CT molecular complexity index is 440. The van der Waals surface area contributed by atoms with Gasteiger partial charge in [-0.1, -0.05) is 6.92 Å². The second-order valence-corrected chi connectivity index (χ2v) is 4.81. The largest absolute Gasteiger partial charge is 0.490 e. The summed E-state index contributed by atoms with van der Waals surface area (Å²) in [6.45, 7) is 6.62. The van der Waals surface area contributed by atoms with Crippen molar-refractivity contribution in [3.8, 4) is 5.75 Å². The number of benzene rings is 1. The van der Waals surface area contributed by atoms with Crippen molar-refractivity contribution in [1.82, 2.24) is 0 Å². The molecule has 0 radical (unpaired) electrons. The molecule has 106 valence electrons. The average molecular weight is 268 g/mol. The molecule has 5 heteroatoms. The molecule has 0 amide bonds. The Labute approximate surface area is 113 Å². The lowest BCUT2D eigenvalue weighted by molar-refractivity contribution is 0.0990. The Kier molecular flexibility index (Phi) is 4.47. The first kappa shape index (κ1) is 13.9. The van der Waals surface area contributed by atoms with Gasteiger partial charge in [0.1, 0.15) is 0 Å². The number of ether oxygens (including phenoxy) is 2. The Morgan fingerprint density at radius 2 is 2.32 bits per heavy atom. The molecule has 4 nitrogen and oxygen atoms in total. The van der Waals surface area contributed by atoms with Gasteiger partial charge in [0.05, 0.1) is 31.2 Å². The fourth-order valence-corrected chi connectivity index (χ4v) is 2.21. The molecule has 1 atom stereocenters. The maximum Gasteiger partial charge on any atom is 0.167 e. The lowest BCUT2D eigenvalue weighted by Gasteiger charge is -2.36. The summed E-state index contributed by atoms with van der Waals surface area (Å²) in [5.74, 6) is -0.139. The number of hydrogen-bond acceptors (Lipinski definition) is 4. The van der Waals surface area contributed by atoms with Crippen LogP contribution in [0.4, 0.5) is 15.8 Å². The van der Waals surface area contributed by atoms with Crippen LogP contribution in [0.5, 0.6) is 5.75 Å². The summed E-state index contributed by atoms with van der Waals surface area (Å²) >= 11 is 0. The zero-order chi connectivity index (χ0) is 13.8. The third-order valence-corrected chi connectivity index (χ3v) is 3.22. The molecule has 0 saturated carbocycles. The molecule has 1 heterocycles. The monoisotopic (exact) mass is 268 g/mol. The van der Waals surface area contributed by atoms with E-state index < -0.39 is 5.82 Å². The molecule has 1 unspecified atom stereocenters. The van der Waals surface area contributed by atoms with Gasteiger partial charge in [-0.2, -0.15) is 0 Å². The predicted molar refractivity (Wildman–Crippen MR) is 74.2 cm³/mol. The van der Waals surface area contributed by atoms with Crippen LogP contribution in [0.2, 0.25) is 0 Å². The van der Waals surface area contributed by atoms with Gasteiger partial charge in [0, 0.05) is 24.7 Å². The maximum absolute atomic E-state index is 13.8. The maximum atomic E-state index is 13.8. The summed E-state index contributed by atoms with van der Waals surface area (Å²) in [6, 6.07) is 3.26. The van der Waals surface area contributed by atoms with Crippen molar-refractivity contribution in [2.75, 3.05) is 37.0 Å². The molecule has 1 aromatic rings. The fourth-order valence-electron chi connectivity index (χ4n) is 2.21. The first-order valence-electron chi connectivity index (χ1n) is 6.69.